The van der Waals surface area contributed by atoms with Gasteiger partial charge in [0.25, 0.3) is 0 Å². The minimum atomic E-state index is -3.35. The normalized spacial score (nSPS) is 20.9. The topological polar surface area (TPSA) is 72.3 Å². The van der Waals surface area contributed by atoms with Crippen molar-refractivity contribution in [3.63, 3.8) is 0 Å². The van der Waals surface area contributed by atoms with Crippen molar-refractivity contribution in [3.05, 3.63) is 18.2 Å². The molecule has 1 saturated heterocycles. The van der Waals surface area contributed by atoms with E-state index in [9.17, 15) is 13.2 Å². The molecule has 0 radical (unpaired) electrons. The van der Waals surface area contributed by atoms with Crippen LogP contribution in [-0.2, 0) is 14.6 Å². The summed E-state index contributed by atoms with van der Waals surface area (Å²) < 4.78 is 26.3. The minimum Gasteiger partial charge on any atom is -0.340 e. The average molecular weight is 327 g/mol. The Hall–Kier alpha value is -1.37. The molecule has 2 unspecified atom stereocenters. The van der Waals surface area contributed by atoms with Crippen molar-refractivity contribution in [1.82, 2.24) is 14.5 Å². The number of aromatic nitrogens is 2. The summed E-state index contributed by atoms with van der Waals surface area (Å²) in [7, 11) is -3.35. The van der Waals surface area contributed by atoms with E-state index in [-0.39, 0.29) is 17.7 Å². The van der Waals surface area contributed by atoms with Gasteiger partial charge in [0.15, 0.2) is 9.84 Å². The van der Waals surface area contributed by atoms with Crippen LogP contribution in [0.15, 0.2) is 12.4 Å². The van der Waals surface area contributed by atoms with Crippen molar-refractivity contribution in [2.24, 2.45) is 0 Å². The fraction of sp³-hybridized carbons (Fsp3) is 0.733. The lowest BCUT2D eigenvalue weighted by molar-refractivity contribution is -0.132. The monoisotopic (exact) mass is 327 g/mol. The molecule has 0 spiro atoms. The van der Waals surface area contributed by atoms with Crippen LogP contribution in [0.5, 0.6) is 0 Å². The molecule has 2 heterocycles. The van der Waals surface area contributed by atoms with E-state index >= 15 is 0 Å². The Balaban J connectivity index is 2.09. The van der Waals surface area contributed by atoms with E-state index < -0.39 is 15.1 Å². The van der Waals surface area contributed by atoms with Crippen LogP contribution >= 0.6 is 0 Å². The van der Waals surface area contributed by atoms with Gasteiger partial charge in [-0.2, -0.15) is 0 Å². The van der Waals surface area contributed by atoms with Crippen molar-refractivity contribution in [3.8, 4) is 0 Å². The first-order chi connectivity index (χ1) is 10.4. The highest BCUT2D eigenvalue weighted by Crippen LogP contribution is 2.24. The SMILES string of the molecule is CCCS(=O)(=O)C(C)C(=O)N1CCCC(n2ccnc2C)C1. The average Bonchev–Trinajstić information content (AvgIpc) is 2.92. The van der Waals surface area contributed by atoms with Crippen LogP contribution in [0.2, 0.25) is 0 Å². The van der Waals surface area contributed by atoms with Crippen molar-refractivity contribution in [1.29, 1.82) is 0 Å². The highest BCUT2D eigenvalue weighted by Gasteiger charge is 2.33. The smallest absolute Gasteiger partial charge is 0.240 e. The van der Waals surface area contributed by atoms with Crippen LogP contribution < -0.4 is 0 Å². The van der Waals surface area contributed by atoms with Gasteiger partial charge < -0.3 is 9.47 Å². The summed E-state index contributed by atoms with van der Waals surface area (Å²) in [6, 6.07) is 0.182. The van der Waals surface area contributed by atoms with Crippen LogP contribution in [0.1, 0.15) is 45.0 Å². The largest absolute Gasteiger partial charge is 0.340 e. The molecule has 1 amide bonds. The summed E-state index contributed by atoms with van der Waals surface area (Å²) >= 11 is 0. The third-order valence-corrected chi connectivity index (χ3v) is 6.60. The second kappa shape index (κ2) is 6.81. The maximum Gasteiger partial charge on any atom is 0.240 e. The predicted octanol–water partition coefficient (Wildman–Crippen LogP) is 1.57. The first kappa shape index (κ1) is 17.0. The Morgan fingerprint density at radius 2 is 2.23 bits per heavy atom. The van der Waals surface area contributed by atoms with Gasteiger partial charge in [-0.3, -0.25) is 4.79 Å². The summed E-state index contributed by atoms with van der Waals surface area (Å²) in [5.74, 6) is 0.722. The zero-order chi connectivity index (χ0) is 16.3. The van der Waals surface area contributed by atoms with Crippen molar-refractivity contribution < 1.29 is 13.2 Å². The molecule has 7 heteroatoms. The standard InChI is InChI=1S/C15H25N3O3S/c1-4-10-22(20,21)12(2)15(19)17-8-5-6-14(11-17)18-9-7-16-13(18)3/h7,9,12,14H,4-6,8,10-11H2,1-3H3. The van der Waals surface area contributed by atoms with Crippen molar-refractivity contribution in [2.75, 3.05) is 18.8 Å². The summed E-state index contributed by atoms with van der Waals surface area (Å²) in [6.45, 7) is 6.46. The molecule has 2 rings (SSSR count). The molecule has 1 aromatic heterocycles. The van der Waals surface area contributed by atoms with E-state index in [1.54, 1.807) is 11.1 Å². The summed E-state index contributed by atoms with van der Waals surface area (Å²) in [6.07, 6.45) is 6.08. The molecule has 0 aromatic carbocycles. The van der Waals surface area contributed by atoms with Crippen molar-refractivity contribution in [2.45, 2.75) is 51.3 Å². The van der Waals surface area contributed by atoms with Gasteiger partial charge in [-0.15, -0.1) is 0 Å². The molecular formula is C15H25N3O3S. The quantitative estimate of drug-likeness (QED) is 0.823. The number of piperidine rings is 1. The van der Waals surface area contributed by atoms with E-state index in [1.165, 1.54) is 6.92 Å². The number of amides is 1. The van der Waals surface area contributed by atoms with Gasteiger partial charge >= 0.3 is 0 Å². The maximum absolute atomic E-state index is 12.5. The number of rotatable bonds is 5. The molecule has 0 saturated carbocycles. The Kier molecular flexibility index (Phi) is 5.26. The Bertz CT molecular complexity index is 624. The van der Waals surface area contributed by atoms with Gasteiger partial charge in [0.2, 0.25) is 5.91 Å². The summed E-state index contributed by atoms with van der Waals surface area (Å²) in [5.41, 5.74) is 0. The lowest BCUT2D eigenvalue weighted by Crippen LogP contribution is -2.47. The highest BCUT2D eigenvalue weighted by atomic mass is 32.2. The second-order valence-corrected chi connectivity index (χ2v) is 8.41. The Morgan fingerprint density at radius 1 is 1.50 bits per heavy atom. The number of nitrogens with zero attached hydrogens (tertiary/aromatic N) is 3. The zero-order valence-electron chi connectivity index (χ0n) is 13.5. The molecule has 124 valence electrons. The molecule has 1 aliphatic rings. The third-order valence-electron chi connectivity index (χ3n) is 4.34. The lowest BCUT2D eigenvalue weighted by atomic mass is 10.0. The Labute approximate surface area is 132 Å². The highest BCUT2D eigenvalue weighted by molar-refractivity contribution is 7.92. The molecule has 1 aromatic rings. The zero-order valence-corrected chi connectivity index (χ0v) is 14.3. The molecule has 22 heavy (non-hydrogen) atoms. The van der Waals surface area contributed by atoms with Gasteiger partial charge in [-0.1, -0.05) is 6.92 Å². The number of likely N-dealkylation sites (tertiary alicyclic amines) is 1. The van der Waals surface area contributed by atoms with Crippen LogP contribution in [0, 0.1) is 6.92 Å². The van der Waals surface area contributed by atoms with Gasteiger partial charge in [0.05, 0.1) is 11.8 Å². The van der Waals surface area contributed by atoms with Crippen molar-refractivity contribution >= 4 is 15.7 Å². The molecule has 1 fully saturated rings. The Morgan fingerprint density at radius 3 is 2.82 bits per heavy atom. The van der Waals surface area contributed by atoms with Gasteiger partial charge in [-0.05, 0) is 33.1 Å². The molecule has 0 N–H and O–H groups in total. The molecule has 1 aliphatic heterocycles. The number of imidazole rings is 1. The predicted molar refractivity (Wildman–Crippen MR) is 85.4 cm³/mol. The van der Waals surface area contributed by atoms with Gasteiger partial charge in [0.1, 0.15) is 11.1 Å². The molecule has 0 aliphatic carbocycles. The number of hydrogen-bond donors (Lipinski definition) is 0. The number of carbonyl (C=O) groups excluding carboxylic acids is 1. The van der Waals surface area contributed by atoms with Crippen LogP contribution in [0.3, 0.4) is 0 Å². The molecular weight excluding hydrogens is 302 g/mol. The fourth-order valence-electron chi connectivity index (χ4n) is 3.03. The minimum absolute atomic E-state index is 0.0673. The van der Waals surface area contributed by atoms with Gasteiger partial charge in [0, 0.05) is 25.5 Å². The third kappa shape index (κ3) is 3.51. The number of carbonyl (C=O) groups is 1. The number of hydrogen-bond acceptors (Lipinski definition) is 4. The molecule has 0 bridgehead atoms. The first-order valence-corrected chi connectivity index (χ1v) is 9.58. The van der Waals surface area contributed by atoms with E-state index in [0.717, 1.165) is 18.7 Å². The van der Waals surface area contributed by atoms with Crippen LogP contribution in [-0.4, -0.2) is 52.9 Å². The maximum atomic E-state index is 12.5. The summed E-state index contributed by atoms with van der Waals surface area (Å²) in [5, 5.41) is -0.949. The van der Waals surface area contributed by atoms with E-state index in [0.29, 0.717) is 19.5 Å². The molecule has 2 atom stereocenters. The molecule has 6 nitrogen and oxygen atoms in total. The van der Waals surface area contributed by atoms with Gasteiger partial charge in [-0.25, -0.2) is 13.4 Å². The summed E-state index contributed by atoms with van der Waals surface area (Å²) in [4.78, 5) is 18.5. The number of aryl methyl sites for hydroxylation is 1. The van der Waals surface area contributed by atoms with Crippen LogP contribution in [0.4, 0.5) is 0 Å². The first-order valence-electron chi connectivity index (χ1n) is 7.86. The second-order valence-electron chi connectivity index (χ2n) is 5.97. The number of sulfone groups is 1. The lowest BCUT2D eigenvalue weighted by Gasteiger charge is -2.35. The van der Waals surface area contributed by atoms with Crippen LogP contribution in [0.25, 0.3) is 0 Å². The van der Waals surface area contributed by atoms with E-state index in [4.69, 9.17) is 0 Å². The fourth-order valence-corrected chi connectivity index (χ4v) is 4.41. The van der Waals surface area contributed by atoms with E-state index in [2.05, 4.69) is 9.55 Å². The van der Waals surface area contributed by atoms with E-state index in [1.807, 2.05) is 20.0 Å².